The van der Waals surface area contributed by atoms with E-state index in [1.54, 1.807) is 0 Å². The number of carbonyl (C=O) groups is 1. The first-order chi connectivity index (χ1) is 9.97. The van der Waals surface area contributed by atoms with E-state index in [0.29, 0.717) is 26.3 Å². The molecule has 0 aromatic heterocycles. The number of benzene rings is 1. The van der Waals surface area contributed by atoms with Gasteiger partial charge in [0.25, 0.3) is 5.91 Å². The lowest BCUT2D eigenvalue weighted by molar-refractivity contribution is -0.137. The minimum atomic E-state index is -4.44. The Bertz CT molecular complexity index is 485. The minimum absolute atomic E-state index is 0.0202. The number of ether oxygens (including phenoxy) is 1. The molecular formula is C14H17F3N2O2. The highest BCUT2D eigenvalue weighted by Gasteiger charge is 2.30. The fourth-order valence-electron chi connectivity index (χ4n) is 2.09. The zero-order valence-electron chi connectivity index (χ0n) is 11.4. The topological polar surface area (TPSA) is 41.6 Å². The molecule has 1 aliphatic heterocycles. The van der Waals surface area contributed by atoms with E-state index in [1.807, 2.05) is 0 Å². The first-order valence-electron chi connectivity index (χ1n) is 6.72. The zero-order valence-corrected chi connectivity index (χ0v) is 11.4. The highest BCUT2D eigenvalue weighted by atomic mass is 19.4. The second-order valence-corrected chi connectivity index (χ2v) is 4.79. The lowest BCUT2D eigenvalue weighted by Gasteiger charge is -2.26. The van der Waals surface area contributed by atoms with Crippen molar-refractivity contribution in [1.29, 1.82) is 0 Å². The highest BCUT2D eigenvalue weighted by Crippen LogP contribution is 2.29. The summed E-state index contributed by atoms with van der Waals surface area (Å²) >= 11 is 0. The van der Waals surface area contributed by atoms with Crippen LogP contribution in [0.4, 0.5) is 13.2 Å². The molecule has 1 saturated heterocycles. The number of carbonyl (C=O) groups excluding carboxylic acids is 1. The molecule has 0 aliphatic carbocycles. The highest BCUT2D eigenvalue weighted by molar-refractivity contribution is 5.94. The maximum absolute atomic E-state index is 12.6. The van der Waals surface area contributed by atoms with Crippen LogP contribution >= 0.6 is 0 Å². The molecule has 1 heterocycles. The third-order valence-corrected chi connectivity index (χ3v) is 3.27. The summed E-state index contributed by atoms with van der Waals surface area (Å²) in [7, 11) is 0. The maximum Gasteiger partial charge on any atom is 0.416 e. The molecule has 7 heteroatoms. The largest absolute Gasteiger partial charge is 0.416 e. The Morgan fingerprint density at radius 3 is 2.67 bits per heavy atom. The van der Waals surface area contributed by atoms with E-state index in [0.717, 1.165) is 25.2 Å². The molecule has 4 nitrogen and oxygen atoms in total. The number of nitrogens with one attached hydrogen (secondary N) is 1. The third-order valence-electron chi connectivity index (χ3n) is 3.27. The Balaban J connectivity index is 1.85. The van der Waals surface area contributed by atoms with Crippen molar-refractivity contribution in [2.24, 2.45) is 0 Å². The fraction of sp³-hybridized carbons (Fsp3) is 0.500. The van der Waals surface area contributed by atoms with E-state index >= 15 is 0 Å². The van der Waals surface area contributed by atoms with Gasteiger partial charge in [-0.2, -0.15) is 13.2 Å². The lowest BCUT2D eigenvalue weighted by atomic mass is 10.1. The van der Waals surface area contributed by atoms with E-state index in [2.05, 4.69) is 10.2 Å². The van der Waals surface area contributed by atoms with E-state index in [1.165, 1.54) is 12.1 Å². The van der Waals surface area contributed by atoms with Gasteiger partial charge >= 0.3 is 6.18 Å². The van der Waals surface area contributed by atoms with Gasteiger partial charge in [0.15, 0.2) is 0 Å². The van der Waals surface area contributed by atoms with E-state index in [-0.39, 0.29) is 5.56 Å². The second kappa shape index (κ2) is 6.91. The molecule has 0 radical (unpaired) electrons. The van der Waals surface area contributed by atoms with Crippen molar-refractivity contribution in [1.82, 2.24) is 10.2 Å². The van der Waals surface area contributed by atoms with Gasteiger partial charge in [0.1, 0.15) is 0 Å². The van der Waals surface area contributed by atoms with Gasteiger partial charge in [-0.3, -0.25) is 9.69 Å². The number of amides is 1. The molecule has 1 aromatic carbocycles. The summed E-state index contributed by atoms with van der Waals surface area (Å²) in [5.41, 5.74) is -0.796. The monoisotopic (exact) mass is 302 g/mol. The summed E-state index contributed by atoms with van der Waals surface area (Å²) < 4.78 is 42.9. The van der Waals surface area contributed by atoms with Crippen LogP contribution in [0.15, 0.2) is 24.3 Å². The standard InChI is InChI=1S/C14H17F3N2O2/c15-14(16,17)12-3-1-2-11(10-12)13(20)18-4-5-19-6-8-21-9-7-19/h1-3,10H,4-9H2,(H,18,20). The minimum Gasteiger partial charge on any atom is -0.379 e. The number of hydrogen-bond donors (Lipinski definition) is 1. The molecule has 1 aromatic rings. The van der Waals surface area contributed by atoms with Gasteiger partial charge in [0, 0.05) is 31.7 Å². The molecule has 1 amide bonds. The molecule has 21 heavy (non-hydrogen) atoms. The van der Waals surface area contributed by atoms with Crippen LogP contribution in [0.2, 0.25) is 0 Å². The predicted octanol–water partition coefficient (Wildman–Crippen LogP) is 1.77. The van der Waals surface area contributed by atoms with Crippen molar-refractivity contribution in [2.45, 2.75) is 6.18 Å². The first-order valence-corrected chi connectivity index (χ1v) is 6.72. The third kappa shape index (κ3) is 4.71. The normalized spacial score (nSPS) is 16.7. The molecule has 1 aliphatic rings. The van der Waals surface area contributed by atoms with Crippen molar-refractivity contribution in [3.63, 3.8) is 0 Å². The summed E-state index contributed by atoms with van der Waals surface area (Å²) in [5.74, 6) is -0.491. The molecular weight excluding hydrogens is 285 g/mol. The fourth-order valence-corrected chi connectivity index (χ4v) is 2.09. The molecule has 2 rings (SSSR count). The Kier molecular flexibility index (Phi) is 5.19. The number of alkyl halides is 3. The molecule has 0 unspecified atom stereocenters. The van der Waals surface area contributed by atoms with Crippen molar-refractivity contribution in [3.8, 4) is 0 Å². The van der Waals surface area contributed by atoms with Crippen LogP contribution in [0.1, 0.15) is 15.9 Å². The zero-order chi connectivity index (χ0) is 15.3. The van der Waals surface area contributed by atoms with Crippen molar-refractivity contribution in [2.75, 3.05) is 39.4 Å². The van der Waals surface area contributed by atoms with E-state index < -0.39 is 17.6 Å². The molecule has 0 saturated carbocycles. The first kappa shape index (κ1) is 15.8. The van der Waals surface area contributed by atoms with Crippen LogP contribution in [0, 0.1) is 0 Å². The smallest absolute Gasteiger partial charge is 0.379 e. The van der Waals surface area contributed by atoms with Crippen molar-refractivity contribution < 1.29 is 22.7 Å². The van der Waals surface area contributed by atoms with Crippen LogP contribution in [0.25, 0.3) is 0 Å². The maximum atomic E-state index is 12.6. The van der Waals surface area contributed by atoms with Gasteiger partial charge in [-0.1, -0.05) is 6.07 Å². The van der Waals surface area contributed by atoms with Gasteiger partial charge < -0.3 is 10.1 Å². The van der Waals surface area contributed by atoms with E-state index in [4.69, 9.17) is 4.74 Å². The number of rotatable bonds is 4. The van der Waals surface area contributed by atoms with Crippen LogP contribution < -0.4 is 5.32 Å². The lowest BCUT2D eigenvalue weighted by Crippen LogP contribution is -2.41. The summed E-state index contributed by atoms with van der Waals surface area (Å²) in [6, 6.07) is 4.42. The predicted molar refractivity (Wildman–Crippen MR) is 71.0 cm³/mol. The van der Waals surface area contributed by atoms with Crippen LogP contribution in [-0.4, -0.2) is 50.2 Å². The molecule has 116 valence electrons. The Morgan fingerprint density at radius 2 is 2.00 bits per heavy atom. The van der Waals surface area contributed by atoms with Crippen LogP contribution in [-0.2, 0) is 10.9 Å². The quantitative estimate of drug-likeness (QED) is 0.921. The Hall–Kier alpha value is -1.60. The number of morpholine rings is 1. The number of halogens is 3. The average molecular weight is 302 g/mol. The average Bonchev–Trinajstić information content (AvgIpc) is 2.47. The van der Waals surface area contributed by atoms with Gasteiger partial charge in [0.05, 0.1) is 18.8 Å². The Morgan fingerprint density at radius 1 is 1.29 bits per heavy atom. The molecule has 0 bridgehead atoms. The number of hydrogen-bond acceptors (Lipinski definition) is 3. The Labute approximate surface area is 120 Å². The summed E-state index contributed by atoms with van der Waals surface area (Å²) in [4.78, 5) is 14.0. The molecule has 1 fully saturated rings. The summed E-state index contributed by atoms with van der Waals surface area (Å²) in [6.07, 6.45) is -4.44. The summed E-state index contributed by atoms with van der Waals surface area (Å²) in [5, 5.41) is 2.64. The van der Waals surface area contributed by atoms with Gasteiger partial charge in [0.2, 0.25) is 0 Å². The molecule has 0 atom stereocenters. The number of nitrogens with zero attached hydrogens (tertiary/aromatic N) is 1. The van der Waals surface area contributed by atoms with Crippen LogP contribution in [0.3, 0.4) is 0 Å². The molecule has 1 N–H and O–H groups in total. The molecule has 0 spiro atoms. The van der Waals surface area contributed by atoms with Gasteiger partial charge in [-0.15, -0.1) is 0 Å². The van der Waals surface area contributed by atoms with Crippen LogP contribution in [0.5, 0.6) is 0 Å². The SMILES string of the molecule is O=C(NCCN1CCOCC1)c1cccc(C(F)(F)F)c1. The van der Waals surface area contributed by atoms with E-state index in [9.17, 15) is 18.0 Å². The van der Waals surface area contributed by atoms with Crippen molar-refractivity contribution in [3.05, 3.63) is 35.4 Å². The van der Waals surface area contributed by atoms with Gasteiger partial charge in [-0.25, -0.2) is 0 Å². The summed E-state index contributed by atoms with van der Waals surface area (Å²) in [6.45, 7) is 4.01. The second-order valence-electron chi connectivity index (χ2n) is 4.79. The van der Waals surface area contributed by atoms with Crippen molar-refractivity contribution >= 4 is 5.91 Å². The van der Waals surface area contributed by atoms with Gasteiger partial charge in [-0.05, 0) is 18.2 Å².